The van der Waals surface area contributed by atoms with Gasteiger partial charge in [0.1, 0.15) is 5.60 Å². The van der Waals surface area contributed by atoms with Gasteiger partial charge in [0.15, 0.2) is 11.6 Å². The Labute approximate surface area is 176 Å². The summed E-state index contributed by atoms with van der Waals surface area (Å²) in [4.78, 5) is 26.4. The van der Waals surface area contributed by atoms with Gasteiger partial charge in [0.2, 0.25) is 0 Å². The maximum absolute atomic E-state index is 14.6. The van der Waals surface area contributed by atoms with Crippen LogP contribution in [0.15, 0.2) is 12.1 Å². The van der Waals surface area contributed by atoms with Gasteiger partial charge in [-0.3, -0.25) is 10.1 Å². The minimum atomic E-state index is -0.644. The summed E-state index contributed by atoms with van der Waals surface area (Å²) in [5.74, 6) is -0.555. The molecule has 0 radical (unpaired) electrons. The third-order valence-electron chi connectivity index (χ3n) is 6.09. The van der Waals surface area contributed by atoms with Crippen molar-refractivity contribution in [1.29, 1.82) is 0 Å². The first kappa shape index (κ1) is 22.1. The lowest BCUT2D eigenvalue weighted by Crippen LogP contribution is -2.49. The van der Waals surface area contributed by atoms with Crippen molar-refractivity contribution in [3.8, 4) is 5.75 Å². The number of nitrogens with zero attached hydrogens (tertiary/aromatic N) is 3. The second kappa shape index (κ2) is 8.28. The fourth-order valence-corrected chi connectivity index (χ4v) is 4.29. The zero-order valence-corrected chi connectivity index (χ0v) is 18.1. The molecule has 0 unspecified atom stereocenters. The molecule has 0 bridgehead atoms. The molecule has 9 heteroatoms. The number of carbonyl (C=O) groups excluding carboxylic acids is 1. The highest BCUT2D eigenvalue weighted by molar-refractivity contribution is 5.68. The number of benzene rings is 1. The first-order valence-electron chi connectivity index (χ1n) is 10.3. The molecular formula is C21H30FN3O5. The molecule has 2 fully saturated rings. The lowest BCUT2D eigenvalue weighted by Gasteiger charge is -2.47. The Kier molecular flexibility index (Phi) is 6.10. The van der Waals surface area contributed by atoms with Crippen LogP contribution >= 0.6 is 0 Å². The molecule has 0 aromatic heterocycles. The van der Waals surface area contributed by atoms with Crippen LogP contribution in [0.1, 0.15) is 46.5 Å². The van der Waals surface area contributed by atoms with E-state index in [1.165, 1.54) is 13.2 Å². The summed E-state index contributed by atoms with van der Waals surface area (Å²) >= 11 is 0. The van der Waals surface area contributed by atoms with Gasteiger partial charge in [0.05, 0.1) is 23.8 Å². The van der Waals surface area contributed by atoms with Gasteiger partial charge in [-0.1, -0.05) is 0 Å². The van der Waals surface area contributed by atoms with E-state index < -0.39 is 16.3 Å². The molecule has 2 heterocycles. The van der Waals surface area contributed by atoms with Crippen molar-refractivity contribution in [1.82, 2.24) is 4.90 Å². The SMILES string of the molecule is COc1cc(N2CCC3(CCN(C(=O)OC(C)(C)C)CC3)CC2)c(F)cc1[N+](=O)[O-]. The highest BCUT2D eigenvalue weighted by atomic mass is 19.1. The van der Waals surface area contributed by atoms with Crippen molar-refractivity contribution in [3.05, 3.63) is 28.1 Å². The fourth-order valence-electron chi connectivity index (χ4n) is 4.29. The molecule has 2 aliphatic rings. The monoisotopic (exact) mass is 423 g/mol. The molecule has 1 aromatic carbocycles. The highest BCUT2D eigenvalue weighted by Crippen LogP contribution is 2.43. The number of likely N-dealkylation sites (tertiary alicyclic amines) is 1. The highest BCUT2D eigenvalue weighted by Gasteiger charge is 2.40. The van der Waals surface area contributed by atoms with Crippen molar-refractivity contribution in [2.24, 2.45) is 5.41 Å². The molecular weight excluding hydrogens is 393 g/mol. The normalized spacial score (nSPS) is 19.0. The second-order valence-electron chi connectivity index (χ2n) is 9.19. The molecule has 1 amide bonds. The maximum Gasteiger partial charge on any atom is 0.410 e. The second-order valence-corrected chi connectivity index (χ2v) is 9.19. The Morgan fingerprint density at radius 3 is 2.20 bits per heavy atom. The van der Waals surface area contributed by atoms with E-state index in [0.717, 1.165) is 31.7 Å². The van der Waals surface area contributed by atoms with Crippen LogP contribution in [-0.4, -0.2) is 54.8 Å². The van der Waals surface area contributed by atoms with Gasteiger partial charge in [-0.15, -0.1) is 0 Å². The van der Waals surface area contributed by atoms with Crippen LogP contribution in [0.3, 0.4) is 0 Å². The van der Waals surface area contributed by atoms with E-state index in [9.17, 15) is 19.3 Å². The minimum Gasteiger partial charge on any atom is -0.490 e. The van der Waals surface area contributed by atoms with Crippen LogP contribution in [0, 0.1) is 21.3 Å². The maximum atomic E-state index is 14.6. The minimum absolute atomic E-state index is 0.0577. The number of nitro benzene ring substituents is 1. The molecule has 0 N–H and O–H groups in total. The van der Waals surface area contributed by atoms with Gasteiger partial charge in [-0.25, -0.2) is 9.18 Å². The lowest BCUT2D eigenvalue weighted by atomic mass is 9.71. The molecule has 1 spiro atoms. The molecule has 2 saturated heterocycles. The zero-order chi connectivity index (χ0) is 22.1. The number of amides is 1. The molecule has 30 heavy (non-hydrogen) atoms. The molecule has 0 aliphatic carbocycles. The summed E-state index contributed by atoms with van der Waals surface area (Å²) in [6.07, 6.45) is 3.29. The molecule has 8 nitrogen and oxygen atoms in total. The van der Waals surface area contributed by atoms with Crippen molar-refractivity contribution >= 4 is 17.5 Å². The van der Waals surface area contributed by atoms with Crippen LogP contribution in [0.25, 0.3) is 0 Å². The van der Waals surface area contributed by atoms with E-state index in [4.69, 9.17) is 9.47 Å². The smallest absolute Gasteiger partial charge is 0.410 e. The Hall–Kier alpha value is -2.58. The van der Waals surface area contributed by atoms with Gasteiger partial charge in [0, 0.05) is 32.2 Å². The number of hydrogen-bond donors (Lipinski definition) is 0. The number of piperidine rings is 2. The first-order chi connectivity index (χ1) is 14.0. The van der Waals surface area contributed by atoms with Crippen molar-refractivity contribution < 1.29 is 23.6 Å². The van der Waals surface area contributed by atoms with Crippen LogP contribution in [0.5, 0.6) is 5.75 Å². The average Bonchev–Trinajstić information content (AvgIpc) is 2.68. The average molecular weight is 423 g/mol. The molecule has 1 aromatic rings. The number of anilines is 1. The summed E-state index contributed by atoms with van der Waals surface area (Å²) in [6.45, 7) is 8.22. The molecule has 166 valence electrons. The first-order valence-corrected chi connectivity index (χ1v) is 10.3. The van der Waals surface area contributed by atoms with E-state index >= 15 is 0 Å². The largest absolute Gasteiger partial charge is 0.490 e. The van der Waals surface area contributed by atoms with Crippen LogP contribution in [0.2, 0.25) is 0 Å². The molecule has 3 rings (SSSR count). The zero-order valence-electron chi connectivity index (χ0n) is 18.1. The number of nitro groups is 1. The van der Waals surface area contributed by atoms with E-state index in [1.54, 1.807) is 4.90 Å². The van der Waals surface area contributed by atoms with Gasteiger partial charge in [0.25, 0.3) is 0 Å². The van der Waals surface area contributed by atoms with Gasteiger partial charge < -0.3 is 19.3 Å². The molecule has 0 atom stereocenters. The quantitative estimate of drug-likeness (QED) is 0.530. The molecule has 0 saturated carbocycles. The van der Waals surface area contributed by atoms with Crippen LogP contribution in [-0.2, 0) is 4.74 Å². The Balaban J connectivity index is 1.62. The number of ether oxygens (including phenoxy) is 2. The van der Waals surface area contributed by atoms with Gasteiger partial charge >= 0.3 is 11.8 Å². The number of hydrogen-bond acceptors (Lipinski definition) is 6. The standard InChI is InChI=1S/C21H30FN3O5/c1-20(2,3)30-19(26)24-11-7-21(8-12-24)5-9-23(10-6-21)16-14-18(29-4)17(25(27)28)13-15(16)22/h13-14H,5-12H2,1-4H3. The Bertz CT molecular complexity index is 806. The van der Waals surface area contributed by atoms with Gasteiger partial charge in [-0.05, 0) is 51.9 Å². The third-order valence-corrected chi connectivity index (χ3v) is 6.09. The van der Waals surface area contributed by atoms with Crippen molar-refractivity contribution in [3.63, 3.8) is 0 Å². The summed E-state index contributed by atoms with van der Waals surface area (Å²) in [6, 6.07) is 2.34. The summed E-state index contributed by atoms with van der Waals surface area (Å²) in [5.41, 5.74) is -0.413. The summed E-state index contributed by atoms with van der Waals surface area (Å²) in [5, 5.41) is 11.1. The predicted octanol–water partition coefficient (Wildman–Crippen LogP) is 4.36. The number of rotatable bonds is 3. The van der Waals surface area contributed by atoms with Crippen LogP contribution < -0.4 is 9.64 Å². The van der Waals surface area contributed by atoms with Gasteiger partial charge in [-0.2, -0.15) is 0 Å². The number of halogens is 1. The van der Waals surface area contributed by atoms with Crippen molar-refractivity contribution in [2.75, 3.05) is 38.2 Å². The Morgan fingerprint density at radius 2 is 1.70 bits per heavy atom. The predicted molar refractivity (Wildman–Crippen MR) is 111 cm³/mol. The van der Waals surface area contributed by atoms with E-state index in [2.05, 4.69) is 0 Å². The third kappa shape index (κ3) is 4.76. The van der Waals surface area contributed by atoms with E-state index in [0.29, 0.717) is 31.9 Å². The number of carbonyl (C=O) groups is 1. The summed E-state index contributed by atoms with van der Waals surface area (Å²) < 4.78 is 25.1. The van der Waals surface area contributed by atoms with Crippen molar-refractivity contribution in [2.45, 2.75) is 52.1 Å². The number of methoxy groups -OCH3 is 1. The Morgan fingerprint density at radius 1 is 1.13 bits per heavy atom. The fraction of sp³-hybridized carbons (Fsp3) is 0.667. The van der Waals surface area contributed by atoms with E-state index in [1.807, 2.05) is 25.7 Å². The lowest BCUT2D eigenvalue weighted by molar-refractivity contribution is -0.385. The molecule has 2 aliphatic heterocycles. The van der Waals surface area contributed by atoms with Crippen LogP contribution in [0.4, 0.5) is 20.6 Å². The van der Waals surface area contributed by atoms with E-state index in [-0.39, 0.29) is 22.9 Å². The summed E-state index contributed by atoms with van der Waals surface area (Å²) in [7, 11) is 1.34. The topological polar surface area (TPSA) is 85.2 Å².